The first kappa shape index (κ1) is 12.0. The lowest BCUT2D eigenvalue weighted by molar-refractivity contribution is 0.0779. The summed E-state index contributed by atoms with van der Waals surface area (Å²) in [6.45, 7) is 2.12. The molecule has 1 aliphatic rings. The number of benzene rings is 1. The number of hydrogen-bond acceptors (Lipinski definition) is 2. The average molecular weight is 240 g/mol. The van der Waals surface area contributed by atoms with E-state index in [9.17, 15) is 13.9 Å². The van der Waals surface area contributed by atoms with Gasteiger partial charge < -0.3 is 9.84 Å². The summed E-state index contributed by atoms with van der Waals surface area (Å²) in [6.07, 6.45) is 2.93. The van der Waals surface area contributed by atoms with E-state index in [-0.39, 0.29) is 5.56 Å². The molecular formula is C13H14F2O2. The van der Waals surface area contributed by atoms with Crippen molar-refractivity contribution in [3.05, 3.63) is 47.2 Å². The van der Waals surface area contributed by atoms with Gasteiger partial charge in [-0.15, -0.1) is 0 Å². The van der Waals surface area contributed by atoms with E-state index in [2.05, 4.69) is 0 Å². The summed E-state index contributed by atoms with van der Waals surface area (Å²) in [4.78, 5) is 0. The predicted octanol–water partition coefficient (Wildman–Crippen LogP) is 2.87. The molecule has 1 heterocycles. The summed E-state index contributed by atoms with van der Waals surface area (Å²) >= 11 is 0. The fourth-order valence-corrected chi connectivity index (χ4v) is 1.94. The maximum absolute atomic E-state index is 13.1. The van der Waals surface area contributed by atoms with Crippen LogP contribution in [0.2, 0.25) is 0 Å². The molecule has 0 saturated heterocycles. The highest BCUT2D eigenvalue weighted by Crippen LogP contribution is 2.34. The first-order valence-corrected chi connectivity index (χ1v) is 5.50. The second kappa shape index (κ2) is 4.45. The van der Waals surface area contributed by atoms with Gasteiger partial charge in [0.25, 0.3) is 0 Å². The molecule has 1 aromatic carbocycles. The van der Waals surface area contributed by atoms with Crippen molar-refractivity contribution in [1.29, 1.82) is 0 Å². The molecule has 0 spiro atoms. The number of hydrogen-bond donors (Lipinski definition) is 1. The van der Waals surface area contributed by atoms with Gasteiger partial charge in [0.15, 0.2) is 0 Å². The van der Waals surface area contributed by atoms with Crippen LogP contribution in [0, 0.1) is 11.6 Å². The molecule has 4 heteroatoms. The summed E-state index contributed by atoms with van der Waals surface area (Å²) in [5, 5.41) is 10.4. The number of ether oxygens (including phenoxy) is 1. The fourth-order valence-electron chi connectivity index (χ4n) is 1.94. The van der Waals surface area contributed by atoms with E-state index >= 15 is 0 Å². The molecular weight excluding hydrogens is 226 g/mol. The molecule has 1 N–H and O–H groups in total. The molecule has 0 amide bonds. The highest BCUT2D eigenvalue weighted by molar-refractivity contribution is 5.32. The molecule has 1 aliphatic heterocycles. The Morgan fingerprint density at radius 1 is 1.24 bits per heavy atom. The fraction of sp³-hybridized carbons (Fsp3) is 0.385. The number of halogens is 2. The van der Waals surface area contributed by atoms with Crippen molar-refractivity contribution in [3.63, 3.8) is 0 Å². The molecule has 0 saturated carbocycles. The van der Waals surface area contributed by atoms with Gasteiger partial charge >= 0.3 is 0 Å². The van der Waals surface area contributed by atoms with Crippen molar-refractivity contribution in [1.82, 2.24) is 0 Å². The van der Waals surface area contributed by atoms with E-state index in [1.807, 2.05) is 0 Å². The Bertz CT molecular complexity index is 432. The maximum atomic E-state index is 13.1. The van der Waals surface area contributed by atoms with Gasteiger partial charge in [-0.2, -0.15) is 0 Å². The zero-order chi connectivity index (χ0) is 12.5. The van der Waals surface area contributed by atoms with Crippen molar-refractivity contribution in [3.8, 4) is 0 Å². The third-order valence-corrected chi connectivity index (χ3v) is 2.98. The summed E-state index contributed by atoms with van der Waals surface area (Å²) < 4.78 is 31.4. The Balaban J connectivity index is 2.39. The van der Waals surface area contributed by atoms with E-state index in [1.54, 1.807) is 0 Å². The monoisotopic (exact) mass is 240 g/mol. The van der Waals surface area contributed by atoms with Crippen LogP contribution >= 0.6 is 0 Å². The summed E-state index contributed by atoms with van der Waals surface area (Å²) in [7, 11) is 0. The summed E-state index contributed by atoms with van der Waals surface area (Å²) in [5.74, 6) is -1.39. The van der Waals surface area contributed by atoms with E-state index in [1.165, 1.54) is 13.2 Å². The SMILES string of the molecule is CC(O)(C1=COCCC1)c1cc(F)cc(F)c1. The molecule has 0 aromatic heterocycles. The minimum atomic E-state index is -1.40. The average Bonchev–Trinajstić information content (AvgIpc) is 2.29. The van der Waals surface area contributed by atoms with E-state index in [4.69, 9.17) is 4.74 Å². The van der Waals surface area contributed by atoms with E-state index in [0.29, 0.717) is 18.6 Å². The van der Waals surface area contributed by atoms with Gasteiger partial charge in [0.05, 0.1) is 12.9 Å². The molecule has 0 aliphatic carbocycles. The van der Waals surface area contributed by atoms with Crippen molar-refractivity contribution in [2.24, 2.45) is 0 Å². The first-order chi connectivity index (χ1) is 8.00. The molecule has 0 radical (unpaired) electrons. The molecule has 2 nitrogen and oxygen atoms in total. The Morgan fingerprint density at radius 3 is 2.41 bits per heavy atom. The van der Waals surface area contributed by atoms with Crippen LogP contribution < -0.4 is 0 Å². The van der Waals surface area contributed by atoms with Crippen LogP contribution in [0.3, 0.4) is 0 Å². The molecule has 1 unspecified atom stereocenters. The van der Waals surface area contributed by atoms with Crippen molar-refractivity contribution >= 4 is 0 Å². The topological polar surface area (TPSA) is 29.5 Å². The van der Waals surface area contributed by atoms with Crippen LogP contribution in [-0.4, -0.2) is 11.7 Å². The highest BCUT2D eigenvalue weighted by Gasteiger charge is 2.30. The molecule has 92 valence electrons. The minimum absolute atomic E-state index is 0.201. The second-order valence-corrected chi connectivity index (χ2v) is 4.35. The zero-order valence-corrected chi connectivity index (χ0v) is 9.54. The lowest BCUT2D eigenvalue weighted by Crippen LogP contribution is -2.26. The third-order valence-electron chi connectivity index (χ3n) is 2.98. The van der Waals surface area contributed by atoms with E-state index in [0.717, 1.165) is 24.6 Å². The molecule has 0 bridgehead atoms. The Kier molecular flexibility index (Phi) is 3.15. The molecule has 1 aromatic rings. The Hall–Kier alpha value is -1.42. The van der Waals surface area contributed by atoms with Crippen molar-refractivity contribution in [2.75, 3.05) is 6.61 Å². The summed E-state index contributed by atoms with van der Waals surface area (Å²) in [5.41, 5.74) is -0.566. The standard InChI is InChI=1S/C13H14F2O2/c1-13(16,9-3-2-4-17-8-9)10-5-11(14)7-12(15)6-10/h5-8,16H,2-4H2,1H3. The van der Waals surface area contributed by atoms with Gasteiger partial charge in [0, 0.05) is 11.6 Å². The van der Waals surface area contributed by atoms with Gasteiger partial charge in [0.2, 0.25) is 0 Å². The van der Waals surface area contributed by atoms with Gasteiger partial charge in [-0.25, -0.2) is 8.78 Å². The minimum Gasteiger partial charge on any atom is -0.501 e. The molecule has 1 atom stereocenters. The van der Waals surface area contributed by atoms with E-state index < -0.39 is 17.2 Å². The molecule has 17 heavy (non-hydrogen) atoms. The van der Waals surface area contributed by atoms with Gasteiger partial charge in [-0.1, -0.05) is 0 Å². The molecule has 2 rings (SSSR count). The van der Waals surface area contributed by atoms with Crippen LogP contribution in [-0.2, 0) is 10.3 Å². The highest BCUT2D eigenvalue weighted by atomic mass is 19.1. The Labute approximate surface area is 98.5 Å². The van der Waals surface area contributed by atoms with Crippen LogP contribution in [0.25, 0.3) is 0 Å². The van der Waals surface area contributed by atoms with Gasteiger partial charge in [-0.05, 0) is 37.5 Å². The second-order valence-electron chi connectivity index (χ2n) is 4.35. The number of aliphatic hydroxyl groups is 1. The van der Waals surface area contributed by atoms with Crippen LogP contribution in [0.15, 0.2) is 30.0 Å². The lowest BCUT2D eigenvalue weighted by Gasteiger charge is -2.29. The van der Waals surface area contributed by atoms with Gasteiger partial charge in [-0.3, -0.25) is 0 Å². The number of rotatable bonds is 2. The lowest BCUT2D eigenvalue weighted by atomic mass is 9.85. The zero-order valence-electron chi connectivity index (χ0n) is 9.54. The third kappa shape index (κ3) is 2.47. The summed E-state index contributed by atoms with van der Waals surface area (Å²) in [6, 6.07) is 3.06. The quantitative estimate of drug-likeness (QED) is 0.861. The normalized spacial score (nSPS) is 19.2. The molecule has 0 fully saturated rings. The van der Waals surface area contributed by atoms with Crippen molar-refractivity contribution in [2.45, 2.75) is 25.4 Å². The van der Waals surface area contributed by atoms with Crippen LogP contribution in [0.5, 0.6) is 0 Å². The largest absolute Gasteiger partial charge is 0.501 e. The smallest absolute Gasteiger partial charge is 0.126 e. The Morgan fingerprint density at radius 2 is 1.88 bits per heavy atom. The van der Waals surface area contributed by atoms with Gasteiger partial charge in [0.1, 0.15) is 17.2 Å². The van der Waals surface area contributed by atoms with Crippen LogP contribution in [0.4, 0.5) is 8.78 Å². The predicted molar refractivity (Wildman–Crippen MR) is 59.2 cm³/mol. The van der Waals surface area contributed by atoms with Crippen LogP contribution in [0.1, 0.15) is 25.3 Å². The maximum Gasteiger partial charge on any atom is 0.126 e. The first-order valence-electron chi connectivity index (χ1n) is 5.50. The van der Waals surface area contributed by atoms with Crippen molar-refractivity contribution < 1.29 is 18.6 Å².